The fourth-order valence-corrected chi connectivity index (χ4v) is 2.01. The van der Waals surface area contributed by atoms with Gasteiger partial charge in [-0.2, -0.15) is 11.8 Å². The zero-order valence-corrected chi connectivity index (χ0v) is 16.4. The second kappa shape index (κ2) is 12.8. The monoisotopic (exact) mass is 441 g/mol. The average molecular weight is 441 g/mol. The third-order valence-electron chi connectivity index (χ3n) is 2.87. The highest BCUT2D eigenvalue weighted by atomic mass is 127. The normalized spacial score (nSPS) is 12.3. The number of guanidine groups is 1. The van der Waals surface area contributed by atoms with Crippen molar-refractivity contribution in [1.29, 1.82) is 0 Å². The molecule has 2 N–H and O–H groups in total. The minimum atomic E-state index is -0.287. The van der Waals surface area contributed by atoms with E-state index < -0.39 is 0 Å². The molecule has 0 amide bonds. The predicted octanol–water partition coefficient (Wildman–Crippen LogP) is 3.13. The Morgan fingerprint density at radius 1 is 1.41 bits per heavy atom. The molecule has 0 spiro atoms. The summed E-state index contributed by atoms with van der Waals surface area (Å²) in [6, 6.07) is 6.21. The molecule has 1 atom stereocenters. The number of aliphatic imine (C=N–C) groups is 1. The van der Waals surface area contributed by atoms with E-state index in [-0.39, 0.29) is 35.9 Å². The zero-order chi connectivity index (χ0) is 15.5. The first kappa shape index (κ1) is 21.3. The first-order chi connectivity index (χ1) is 10.2. The van der Waals surface area contributed by atoms with Crippen molar-refractivity contribution in [3.05, 3.63) is 30.1 Å². The van der Waals surface area contributed by atoms with Gasteiger partial charge in [-0.1, -0.05) is 13.0 Å². The number of rotatable bonds is 8. The number of hydrogen-bond donors (Lipinski definition) is 2. The predicted molar refractivity (Wildman–Crippen MR) is 104 cm³/mol. The third kappa shape index (κ3) is 8.67. The van der Waals surface area contributed by atoms with Gasteiger partial charge in [-0.3, -0.25) is 4.99 Å². The summed E-state index contributed by atoms with van der Waals surface area (Å²) in [6.45, 7) is 3.52. The molecule has 1 aromatic rings. The van der Waals surface area contributed by atoms with E-state index in [0.29, 0.717) is 12.3 Å². The maximum absolute atomic E-state index is 13.1. The number of thioether (sulfide) groups is 1. The summed E-state index contributed by atoms with van der Waals surface area (Å²) in [5, 5.41) is 6.45. The molecule has 4 nitrogen and oxygen atoms in total. The van der Waals surface area contributed by atoms with E-state index in [0.717, 1.165) is 24.7 Å². The van der Waals surface area contributed by atoms with Crippen LogP contribution in [0.3, 0.4) is 0 Å². The molecule has 0 bridgehead atoms. The highest BCUT2D eigenvalue weighted by Crippen LogP contribution is 2.14. The van der Waals surface area contributed by atoms with Gasteiger partial charge < -0.3 is 15.4 Å². The van der Waals surface area contributed by atoms with Crippen LogP contribution in [-0.4, -0.2) is 44.2 Å². The van der Waals surface area contributed by atoms with Crippen LogP contribution in [0.5, 0.6) is 5.75 Å². The Hall–Kier alpha value is -0.700. The topological polar surface area (TPSA) is 45.7 Å². The highest BCUT2D eigenvalue weighted by molar-refractivity contribution is 14.0. The SMILES string of the molecule is CCC(CNC(=NC)NCCSC)Oc1cccc(F)c1.I. The van der Waals surface area contributed by atoms with Crippen LogP contribution in [0.2, 0.25) is 0 Å². The van der Waals surface area contributed by atoms with Crippen LogP contribution in [0.4, 0.5) is 4.39 Å². The molecule has 1 aromatic carbocycles. The van der Waals surface area contributed by atoms with Gasteiger partial charge in [-0.25, -0.2) is 4.39 Å². The molecule has 0 fully saturated rings. The van der Waals surface area contributed by atoms with Crippen molar-refractivity contribution in [2.24, 2.45) is 4.99 Å². The third-order valence-corrected chi connectivity index (χ3v) is 3.49. The van der Waals surface area contributed by atoms with Crippen molar-refractivity contribution < 1.29 is 9.13 Å². The fraction of sp³-hybridized carbons (Fsp3) is 0.533. The van der Waals surface area contributed by atoms with Gasteiger partial charge in [0.2, 0.25) is 0 Å². The van der Waals surface area contributed by atoms with Crippen LogP contribution in [0.25, 0.3) is 0 Å². The van der Waals surface area contributed by atoms with Gasteiger partial charge in [0.25, 0.3) is 0 Å². The lowest BCUT2D eigenvalue weighted by molar-refractivity contribution is 0.199. The van der Waals surface area contributed by atoms with Crippen LogP contribution in [0.1, 0.15) is 13.3 Å². The fourth-order valence-electron chi connectivity index (χ4n) is 1.70. The summed E-state index contributed by atoms with van der Waals surface area (Å²) in [5.74, 6) is 2.04. The Labute approximate surface area is 153 Å². The summed E-state index contributed by atoms with van der Waals surface area (Å²) in [4.78, 5) is 4.16. The lowest BCUT2D eigenvalue weighted by Gasteiger charge is -2.20. The van der Waals surface area contributed by atoms with E-state index >= 15 is 0 Å². The molecule has 0 saturated carbocycles. The molecule has 0 saturated heterocycles. The van der Waals surface area contributed by atoms with E-state index in [9.17, 15) is 4.39 Å². The maximum Gasteiger partial charge on any atom is 0.191 e. The maximum atomic E-state index is 13.1. The first-order valence-electron chi connectivity index (χ1n) is 7.05. The first-order valence-corrected chi connectivity index (χ1v) is 8.44. The average Bonchev–Trinajstić information content (AvgIpc) is 2.49. The molecule has 0 heterocycles. The van der Waals surface area contributed by atoms with Gasteiger partial charge in [-0.15, -0.1) is 24.0 Å². The summed E-state index contributed by atoms with van der Waals surface area (Å²) in [6.07, 6.45) is 2.86. The van der Waals surface area contributed by atoms with E-state index in [1.54, 1.807) is 30.9 Å². The van der Waals surface area contributed by atoms with Crippen LogP contribution in [0, 0.1) is 5.82 Å². The van der Waals surface area contributed by atoms with Gasteiger partial charge in [-0.05, 0) is 24.8 Å². The van der Waals surface area contributed by atoms with Gasteiger partial charge in [0.1, 0.15) is 17.7 Å². The van der Waals surface area contributed by atoms with Gasteiger partial charge in [0, 0.05) is 25.4 Å². The quantitative estimate of drug-likeness (QED) is 0.282. The summed E-state index contributed by atoms with van der Waals surface area (Å²) in [5.41, 5.74) is 0. The largest absolute Gasteiger partial charge is 0.489 e. The second-order valence-corrected chi connectivity index (χ2v) is 5.46. The van der Waals surface area contributed by atoms with Crippen LogP contribution >= 0.6 is 35.7 Å². The van der Waals surface area contributed by atoms with Gasteiger partial charge in [0.05, 0.1) is 6.54 Å². The Balaban J connectivity index is 0.00000441. The Kier molecular flexibility index (Phi) is 12.4. The number of nitrogens with zero attached hydrogens (tertiary/aromatic N) is 1. The van der Waals surface area contributed by atoms with E-state index in [4.69, 9.17) is 4.74 Å². The molecule has 7 heteroatoms. The minimum Gasteiger partial charge on any atom is -0.489 e. The highest BCUT2D eigenvalue weighted by Gasteiger charge is 2.09. The van der Waals surface area contributed by atoms with Crippen molar-refractivity contribution in [3.8, 4) is 5.75 Å². The van der Waals surface area contributed by atoms with Crippen molar-refractivity contribution in [3.63, 3.8) is 0 Å². The summed E-state index contributed by atoms with van der Waals surface area (Å²) in [7, 11) is 1.74. The molecule has 126 valence electrons. The van der Waals surface area contributed by atoms with E-state index in [1.165, 1.54) is 12.1 Å². The van der Waals surface area contributed by atoms with Crippen LogP contribution < -0.4 is 15.4 Å². The lowest BCUT2D eigenvalue weighted by atomic mass is 10.2. The molecule has 0 aliphatic rings. The van der Waals surface area contributed by atoms with Crippen LogP contribution in [-0.2, 0) is 0 Å². The molecule has 1 unspecified atom stereocenters. The molecular weight excluding hydrogens is 416 g/mol. The number of halogens is 2. The van der Waals surface area contributed by atoms with Gasteiger partial charge in [0.15, 0.2) is 5.96 Å². The van der Waals surface area contributed by atoms with Crippen molar-refractivity contribution in [1.82, 2.24) is 10.6 Å². The number of nitrogens with one attached hydrogen (secondary N) is 2. The molecule has 1 rings (SSSR count). The van der Waals surface area contributed by atoms with Crippen molar-refractivity contribution in [2.75, 3.05) is 32.1 Å². The number of ether oxygens (including phenoxy) is 1. The molecule has 0 aliphatic carbocycles. The Morgan fingerprint density at radius 3 is 2.77 bits per heavy atom. The zero-order valence-electron chi connectivity index (χ0n) is 13.3. The van der Waals surface area contributed by atoms with Crippen LogP contribution in [0.15, 0.2) is 29.3 Å². The Bertz CT molecular complexity index is 449. The number of benzene rings is 1. The van der Waals surface area contributed by atoms with Crippen molar-refractivity contribution in [2.45, 2.75) is 19.4 Å². The number of hydrogen-bond acceptors (Lipinski definition) is 3. The summed E-state index contributed by atoms with van der Waals surface area (Å²) < 4.78 is 18.9. The van der Waals surface area contributed by atoms with E-state index in [1.807, 2.05) is 6.92 Å². The van der Waals surface area contributed by atoms with E-state index in [2.05, 4.69) is 21.9 Å². The Morgan fingerprint density at radius 2 is 2.18 bits per heavy atom. The summed E-state index contributed by atoms with van der Waals surface area (Å²) >= 11 is 1.78. The molecule has 0 radical (unpaired) electrons. The molecule has 0 aliphatic heterocycles. The molecule has 0 aromatic heterocycles. The lowest BCUT2D eigenvalue weighted by Crippen LogP contribution is -2.43. The molecular formula is C15H25FIN3OS. The van der Waals surface area contributed by atoms with Gasteiger partial charge >= 0.3 is 0 Å². The smallest absolute Gasteiger partial charge is 0.191 e. The second-order valence-electron chi connectivity index (χ2n) is 4.48. The minimum absolute atomic E-state index is 0. The standard InChI is InChI=1S/C15H24FN3OS.HI/c1-4-13(20-14-7-5-6-12(16)10-14)11-19-15(17-2)18-8-9-21-3;/h5-7,10,13H,4,8-9,11H2,1-3H3,(H2,17,18,19);1H. The molecule has 22 heavy (non-hydrogen) atoms. The van der Waals surface area contributed by atoms with Crippen molar-refractivity contribution >= 4 is 41.7 Å².